The Kier molecular flexibility index (Phi) is 3.85. The van der Waals surface area contributed by atoms with E-state index < -0.39 is 0 Å². The first kappa shape index (κ1) is 16.5. The summed E-state index contributed by atoms with van der Waals surface area (Å²) in [6, 6.07) is 10.2. The van der Waals surface area contributed by atoms with E-state index in [9.17, 15) is 4.39 Å². The standard InChI is InChI=1S/C19H15ClFN5/c1-10-7-12(3-4-14(10)21)17-18(13-5-6-23-16(22)9-13)26-19(24-17)11(2)8-15(20)25-26/h3-9H,1-2H3,(H2,22,23). The van der Waals surface area contributed by atoms with Crippen LogP contribution in [0.2, 0.25) is 5.15 Å². The maximum atomic E-state index is 13.7. The summed E-state index contributed by atoms with van der Waals surface area (Å²) in [4.78, 5) is 8.80. The van der Waals surface area contributed by atoms with E-state index in [1.54, 1.807) is 41.9 Å². The molecule has 4 aromatic rings. The molecule has 0 radical (unpaired) electrons. The lowest BCUT2D eigenvalue weighted by molar-refractivity contribution is 0.619. The molecule has 7 heteroatoms. The van der Waals surface area contributed by atoms with Gasteiger partial charge in [0.15, 0.2) is 5.65 Å². The molecule has 0 saturated carbocycles. The third-order valence-corrected chi connectivity index (χ3v) is 4.41. The molecule has 5 nitrogen and oxygen atoms in total. The van der Waals surface area contributed by atoms with Crippen LogP contribution in [0.15, 0.2) is 42.6 Å². The molecule has 3 heterocycles. The summed E-state index contributed by atoms with van der Waals surface area (Å²) in [5.41, 5.74) is 11.0. The number of nitrogen functional groups attached to an aromatic ring is 1. The van der Waals surface area contributed by atoms with Crippen LogP contribution in [0.1, 0.15) is 11.1 Å². The smallest absolute Gasteiger partial charge is 0.157 e. The number of hydrogen-bond acceptors (Lipinski definition) is 4. The second-order valence-electron chi connectivity index (χ2n) is 6.13. The Morgan fingerprint density at radius 1 is 1.04 bits per heavy atom. The molecule has 0 unspecified atom stereocenters. The van der Waals surface area contributed by atoms with Crippen LogP contribution >= 0.6 is 11.6 Å². The van der Waals surface area contributed by atoms with Crippen molar-refractivity contribution in [3.63, 3.8) is 0 Å². The van der Waals surface area contributed by atoms with Gasteiger partial charge in [0.25, 0.3) is 0 Å². The zero-order valence-corrected chi connectivity index (χ0v) is 14.9. The van der Waals surface area contributed by atoms with Gasteiger partial charge >= 0.3 is 0 Å². The van der Waals surface area contributed by atoms with Gasteiger partial charge in [0.2, 0.25) is 0 Å². The number of imidazole rings is 1. The minimum Gasteiger partial charge on any atom is -0.384 e. The first-order valence-electron chi connectivity index (χ1n) is 7.98. The van der Waals surface area contributed by atoms with Gasteiger partial charge in [-0.25, -0.2) is 18.9 Å². The first-order valence-corrected chi connectivity index (χ1v) is 8.36. The van der Waals surface area contributed by atoms with Crippen molar-refractivity contribution in [2.24, 2.45) is 0 Å². The van der Waals surface area contributed by atoms with E-state index in [0.29, 0.717) is 27.9 Å². The fourth-order valence-corrected chi connectivity index (χ4v) is 3.22. The minimum absolute atomic E-state index is 0.260. The topological polar surface area (TPSA) is 69.1 Å². The molecular formula is C19H15ClFN5. The average molecular weight is 368 g/mol. The highest BCUT2D eigenvalue weighted by Crippen LogP contribution is 2.34. The number of benzene rings is 1. The van der Waals surface area contributed by atoms with Crippen LogP contribution in [-0.2, 0) is 0 Å². The van der Waals surface area contributed by atoms with Crippen LogP contribution in [-0.4, -0.2) is 19.6 Å². The van der Waals surface area contributed by atoms with Crippen LogP contribution in [0.5, 0.6) is 0 Å². The Labute approximate surface area is 154 Å². The van der Waals surface area contributed by atoms with Crippen molar-refractivity contribution < 1.29 is 4.39 Å². The minimum atomic E-state index is -0.260. The molecule has 0 aliphatic carbocycles. The highest BCUT2D eigenvalue weighted by Gasteiger charge is 2.19. The van der Waals surface area contributed by atoms with Gasteiger partial charge in [-0.05, 0) is 61.4 Å². The largest absolute Gasteiger partial charge is 0.384 e. The lowest BCUT2D eigenvalue weighted by Crippen LogP contribution is -1.98. The quantitative estimate of drug-likeness (QED) is 0.568. The van der Waals surface area contributed by atoms with Gasteiger partial charge in [-0.2, -0.15) is 5.10 Å². The van der Waals surface area contributed by atoms with E-state index in [1.165, 1.54) is 6.07 Å². The van der Waals surface area contributed by atoms with Crippen LogP contribution in [0.3, 0.4) is 0 Å². The molecule has 0 bridgehead atoms. The fourth-order valence-electron chi connectivity index (χ4n) is 2.98. The van der Waals surface area contributed by atoms with Gasteiger partial charge < -0.3 is 5.73 Å². The SMILES string of the molecule is Cc1cc(-c2nc3c(C)cc(Cl)nn3c2-c2ccnc(N)c2)ccc1F. The molecule has 130 valence electrons. The van der Waals surface area contributed by atoms with Gasteiger partial charge in [-0.15, -0.1) is 0 Å². The van der Waals surface area contributed by atoms with E-state index in [1.807, 2.05) is 13.0 Å². The number of rotatable bonds is 2. The van der Waals surface area contributed by atoms with E-state index in [-0.39, 0.29) is 5.82 Å². The van der Waals surface area contributed by atoms with Gasteiger partial charge in [-0.1, -0.05) is 11.6 Å². The molecular weight excluding hydrogens is 353 g/mol. The molecule has 0 spiro atoms. The molecule has 0 aliphatic rings. The molecule has 0 amide bonds. The Hall–Kier alpha value is -2.99. The Morgan fingerprint density at radius 2 is 1.85 bits per heavy atom. The molecule has 3 aromatic heterocycles. The number of pyridine rings is 1. The van der Waals surface area contributed by atoms with Crippen molar-refractivity contribution >= 4 is 23.1 Å². The monoisotopic (exact) mass is 367 g/mol. The summed E-state index contributed by atoms with van der Waals surface area (Å²) < 4.78 is 15.4. The van der Waals surface area contributed by atoms with Crippen molar-refractivity contribution in [1.29, 1.82) is 0 Å². The first-order chi connectivity index (χ1) is 12.4. The van der Waals surface area contributed by atoms with Crippen molar-refractivity contribution in [1.82, 2.24) is 19.6 Å². The van der Waals surface area contributed by atoms with E-state index >= 15 is 0 Å². The van der Waals surface area contributed by atoms with E-state index in [4.69, 9.17) is 22.3 Å². The highest BCUT2D eigenvalue weighted by atomic mass is 35.5. The summed E-state index contributed by atoms with van der Waals surface area (Å²) in [6.45, 7) is 3.64. The Balaban J connectivity index is 2.10. The van der Waals surface area contributed by atoms with Gasteiger partial charge in [0.05, 0.1) is 5.69 Å². The van der Waals surface area contributed by atoms with E-state index in [2.05, 4.69) is 10.1 Å². The average Bonchev–Trinajstić information content (AvgIpc) is 2.97. The molecule has 2 N–H and O–H groups in total. The van der Waals surface area contributed by atoms with Crippen LogP contribution in [0.25, 0.3) is 28.2 Å². The van der Waals surface area contributed by atoms with Gasteiger partial charge in [-0.3, -0.25) is 0 Å². The molecule has 0 saturated heterocycles. The number of aryl methyl sites for hydroxylation is 2. The number of aromatic nitrogens is 4. The number of anilines is 1. The summed E-state index contributed by atoms with van der Waals surface area (Å²) >= 11 is 6.17. The van der Waals surface area contributed by atoms with Crippen molar-refractivity contribution in [3.05, 3.63) is 64.7 Å². The van der Waals surface area contributed by atoms with Crippen molar-refractivity contribution in [2.75, 3.05) is 5.73 Å². The van der Waals surface area contributed by atoms with Gasteiger partial charge in [0.1, 0.15) is 22.5 Å². The third-order valence-electron chi connectivity index (χ3n) is 4.22. The summed E-state index contributed by atoms with van der Waals surface area (Å²) in [5, 5.41) is 4.77. The molecule has 0 atom stereocenters. The molecule has 4 rings (SSSR count). The van der Waals surface area contributed by atoms with E-state index in [0.717, 1.165) is 22.4 Å². The Morgan fingerprint density at radius 3 is 2.58 bits per heavy atom. The number of nitrogens with two attached hydrogens (primary N) is 1. The molecule has 1 aromatic carbocycles. The second kappa shape index (κ2) is 6.07. The van der Waals surface area contributed by atoms with Gasteiger partial charge in [0, 0.05) is 17.3 Å². The lowest BCUT2D eigenvalue weighted by atomic mass is 10.0. The highest BCUT2D eigenvalue weighted by molar-refractivity contribution is 6.29. The van der Waals surface area contributed by atoms with Crippen molar-refractivity contribution in [2.45, 2.75) is 13.8 Å². The number of fused-ring (bicyclic) bond motifs is 1. The molecule has 0 fully saturated rings. The number of halogens is 2. The van der Waals surface area contributed by atoms with Crippen LogP contribution in [0.4, 0.5) is 10.2 Å². The maximum Gasteiger partial charge on any atom is 0.157 e. The zero-order chi connectivity index (χ0) is 18.4. The summed E-state index contributed by atoms with van der Waals surface area (Å²) in [5.74, 6) is 0.127. The van der Waals surface area contributed by atoms with Crippen molar-refractivity contribution in [3.8, 4) is 22.5 Å². The zero-order valence-electron chi connectivity index (χ0n) is 14.2. The summed E-state index contributed by atoms with van der Waals surface area (Å²) in [7, 11) is 0. The summed E-state index contributed by atoms with van der Waals surface area (Å²) in [6.07, 6.45) is 1.63. The fraction of sp³-hybridized carbons (Fsp3) is 0.105. The molecule has 26 heavy (non-hydrogen) atoms. The predicted molar refractivity (Wildman–Crippen MR) is 101 cm³/mol. The predicted octanol–water partition coefficient (Wildman–Crippen LogP) is 4.45. The normalized spacial score (nSPS) is 11.2. The second-order valence-corrected chi connectivity index (χ2v) is 6.52. The molecule has 0 aliphatic heterocycles. The van der Waals surface area contributed by atoms with Crippen LogP contribution in [0, 0.1) is 19.7 Å². The number of nitrogens with zero attached hydrogens (tertiary/aromatic N) is 4. The lowest BCUT2D eigenvalue weighted by Gasteiger charge is -2.07. The Bertz CT molecular complexity index is 1150. The number of hydrogen-bond donors (Lipinski definition) is 1. The third kappa shape index (κ3) is 2.68. The van der Waals surface area contributed by atoms with Crippen LogP contribution < -0.4 is 5.73 Å². The maximum absolute atomic E-state index is 13.7.